The number of rotatable bonds is 12. The maximum Gasteiger partial charge on any atom is 0.302 e. The minimum absolute atomic E-state index is 0.0894. The number of carbonyl (C=O) groups excluding carboxylic acids is 1. The van der Waals surface area contributed by atoms with Gasteiger partial charge in [0.15, 0.2) is 0 Å². The number of aliphatic hydroxyl groups is 1. The molecule has 7 heteroatoms. The normalized spacial score (nSPS) is 9.80. The summed E-state index contributed by atoms with van der Waals surface area (Å²) < 4.78 is 24.3. The van der Waals surface area contributed by atoms with E-state index in [1.54, 1.807) is 7.11 Å². The zero-order chi connectivity index (χ0) is 15.5. The van der Waals surface area contributed by atoms with Crippen molar-refractivity contribution in [3.63, 3.8) is 0 Å². The fraction of sp³-hybridized carbons (Fsp3) is 0.923. The molecular weight excluding hydrogens is 268 g/mol. The van der Waals surface area contributed by atoms with Crippen molar-refractivity contribution in [2.24, 2.45) is 0 Å². The van der Waals surface area contributed by atoms with Crippen LogP contribution in [0.1, 0.15) is 13.8 Å². The number of aliphatic hydroxyl groups excluding tert-OH is 1. The quantitative estimate of drug-likeness (QED) is 0.408. The number of hydrogen-bond donors (Lipinski definition) is 1. The molecule has 0 aliphatic heterocycles. The third kappa shape index (κ3) is 26.0. The summed E-state index contributed by atoms with van der Waals surface area (Å²) in [6, 6.07) is 0. The van der Waals surface area contributed by atoms with E-state index in [0.717, 1.165) is 6.61 Å². The summed E-state index contributed by atoms with van der Waals surface area (Å²) >= 11 is 0. The zero-order valence-corrected chi connectivity index (χ0v) is 12.8. The van der Waals surface area contributed by atoms with Crippen LogP contribution in [0.2, 0.25) is 0 Å². The largest absolute Gasteiger partial charge is 0.463 e. The summed E-state index contributed by atoms with van der Waals surface area (Å²) in [5, 5.41) is 8.26. The number of methoxy groups -OCH3 is 1. The minimum atomic E-state index is -0.277. The van der Waals surface area contributed by atoms with E-state index in [0.29, 0.717) is 46.2 Å². The highest BCUT2D eigenvalue weighted by Gasteiger charge is 1.91. The number of carbonyl (C=O) groups is 1. The molecule has 0 heterocycles. The number of hydrogen-bond acceptors (Lipinski definition) is 7. The molecule has 0 aromatic carbocycles. The third-order valence-corrected chi connectivity index (χ3v) is 1.78. The molecule has 0 aliphatic carbocycles. The van der Waals surface area contributed by atoms with Gasteiger partial charge in [0.2, 0.25) is 0 Å². The molecule has 0 saturated heterocycles. The Morgan fingerprint density at radius 2 is 1.45 bits per heavy atom. The first-order valence-corrected chi connectivity index (χ1v) is 6.65. The topological polar surface area (TPSA) is 83.5 Å². The van der Waals surface area contributed by atoms with Crippen LogP contribution < -0.4 is 0 Å². The summed E-state index contributed by atoms with van der Waals surface area (Å²) in [6.07, 6.45) is 0. The monoisotopic (exact) mass is 296 g/mol. The smallest absolute Gasteiger partial charge is 0.302 e. The fourth-order valence-corrected chi connectivity index (χ4v) is 0.917. The average molecular weight is 296 g/mol. The molecule has 20 heavy (non-hydrogen) atoms. The van der Waals surface area contributed by atoms with Crippen LogP contribution in [0.4, 0.5) is 0 Å². The van der Waals surface area contributed by atoms with E-state index >= 15 is 0 Å². The van der Waals surface area contributed by atoms with Gasteiger partial charge >= 0.3 is 5.97 Å². The highest BCUT2D eigenvalue weighted by Crippen LogP contribution is 1.79. The van der Waals surface area contributed by atoms with Gasteiger partial charge in [0, 0.05) is 20.6 Å². The fourth-order valence-electron chi connectivity index (χ4n) is 0.917. The van der Waals surface area contributed by atoms with E-state index in [2.05, 4.69) is 4.74 Å². The Morgan fingerprint density at radius 3 is 2.00 bits per heavy atom. The molecule has 0 unspecified atom stereocenters. The lowest BCUT2D eigenvalue weighted by Crippen LogP contribution is -2.10. The van der Waals surface area contributed by atoms with Gasteiger partial charge in [0.05, 0.1) is 46.2 Å². The summed E-state index contributed by atoms with van der Waals surface area (Å²) in [4.78, 5) is 10.2. The molecule has 0 rings (SSSR count). The van der Waals surface area contributed by atoms with E-state index < -0.39 is 0 Å². The van der Waals surface area contributed by atoms with Gasteiger partial charge in [-0.25, -0.2) is 0 Å². The van der Waals surface area contributed by atoms with Crippen LogP contribution in [0.5, 0.6) is 0 Å². The first kappa shape index (κ1) is 21.6. The molecule has 0 radical (unpaired) electrons. The van der Waals surface area contributed by atoms with Crippen molar-refractivity contribution in [1.29, 1.82) is 0 Å². The molecule has 0 spiro atoms. The van der Waals surface area contributed by atoms with Crippen molar-refractivity contribution in [3.05, 3.63) is 0 Å². The highest BCUT2D eigenvalue weighted by molar-refractivity contribution is 5.65. The molecule has 7 nitrogen and oxygen atoms in total. The van der Waals surface area contributed by atoms with E-state index in [4.69, 9.17) is 24.1 Å². The van der Waals surface area contributed by atoms with Gasteiger partial charge in [-0.05, 0) is 6.92 Å². The Balaban J connectivity index is 0. The van der Waals surface area contributed by atoms with Crippen LogP contribution in [0, 0.1) is 0 Å². The minimum Gasteiger partial charge on any atom is -0.463 e. The Morgan fingerprint density at radius 1 is 0.900 bits per heavy atom. The molecule has 0 aromatic rings. The predicted molar refractivity (Wildman–Crippen MR) is 73.7 cm³/mol. The Kier molecular flexibility index (Phi) is 22.2. The summed E-state index contributed by atoms with van der Waals surface area (Å²) in [5.41, 5.74) is 0. The van der Waals surface area contributed by atoms with Crippen molar-refractivity contribution >= 4 is 5.97 Å². The van der Waals surface area contributed by atoms with Gasteiger partial charge < -0.3 is 28.8 Å². The first-order valence-electron chi connectivity index (χ1n) is 6.65. The number of ether oxygens (including phenoxy) is 5. The van der Waals surface area contributed by atoms with Gasteiger partial charge in [-0.15, -0.1) is 0 Å². The molecule has 122 valence electrons. The molecule has 0 aromatic heterocycles. The lowest BCUT2D eigenvalue weighted by molar-refractivity contribution is -0.142. The second-order valence-corrected chi connectivity index (χ2v) is 3.48. The van der Waals surface area contributed by atoms with E-state index in [1.807, 2.05) is 6.92 Å². The predicted octanol–water partition coefficient (Wildman–Crippen LogP) is 0.244. The standard InChI is InChI=1S/C7H14O4.C6H14O3/c1-7(8)11-6-5-10-4-3-9-2;1-2-8-5-6-9-4-3-7/h3-6H2,1-2H3;7H,2-6H2,1H3. The molecule has 1 N–H and O–H groups in total. The molecule has 0 atom stereocenters. The summed E-state index contributed by atoms with van der Waals surface area (Å²) in [6.45, 7) is 7.59. The van der Waals surface area contributed by atoms with E-state index in [1.165, 1.54) is 6.92 Å². The average Bonchev–Trinajstić information content (AvgIpc) is 2.43. The molecule has 0 fully saturated rings. The highest BCUT2D eigenvalue weighted by atomic mass is 16.6. The summed E-state index contributed by atoms with van der Waals surface area (Å²) in [5.74, 6) is -0.277. The van der Waals surface area contributed by atoms with Crippen molar-refractivity contribution < 1.29 is 33.6 Å². The second kappa shape index (κ2) is 20.6. The first-order chi connectivity index (χ1) is 9.68. The van der Waals surface area contributed by atoms with Crippen molar-refractivity contribution in [1.82, 2.24) is 0 Å². The van der Waals surface area contributed by atoms with Gasteiger partial charge in [-0.1, -0.05) is 0 Å². The van der Waals surface area contributed by atoms with E-state index in [-0.39, 0.29) is 12.6 Å². The number of esters is 1. The van der Waals surface area contributed by atoms with Gasteiger partial charge in [-0.3, -0.25) is 4.79 Å². The molecule has 0 saturated carbocycles. The van der Waals surface area contributed by atoms with Crippen LogP contribution in [0.3, 0.4) is 0 Å². The van der Waals surface area contributed by atoms with Gasteiger partial charge in [0.1, 0.15) is 6.61 Å². The zero-order valence-electron chi connectivity index (χ0n) is 12.8. The van der Waals surface area contributed by atoms with Crippen molar-refractivity contribution in [3.8, 4) is 0 Å². The maximum absolute atomic E-state index is 10.2. The van der Waals surface area contributed by atoms with Crippen molar-refractivity contribution in [2.45, 2.75) is 13.8 Å². The Hall–Kier alpha value is -0.730. The van der Waals surface area contributed by atoms with E-state index in [9.17, 15) is 4.79 Å². The molecular formula is C13H28O7. The Bertz CT molecular complexity index is 182. The third-order valence-electron chi connectivity index (χ3n) is 1.78. The molecule has 0 amide bonds. The van der Waals surface area contributed by atoms with Crippen LogP contribution in [0.15, 0.2) is 0 Å². The lowest BCUT2D eigenvalue weighted by Gasteiger charge is -2.02. The molecule has 0 bridgehead atoms. The van der Waals surface area contributed by atoms with Gasteiger partial charge in [-0.2, -0.15) is 0 Å². The van der Waals surface area contributed by atoms with Crippen LogP contribution in [0.25, 0.3) is 0 Å². The lowest BCUT2D eigenvalue weighted by atomic mass is 10.7. The van der Waals surface area contributed by atoms with Crippen molar-refractivity contribution in [2.75, 3.05) is 66.6 Å². The van der Waals surface area contributed by atoms with Crippen LogP contribution in [-0.2, 0) is 28.5 Å². The maximum atomic E-state index is 10.2. The van der Waals surface area contributed by atoms with Gasteiger partial charge in [0.25, 0.3) is 0 Å². The Labute approximate surface area is 121 Å². The molecule has 0 aliphatic rings. The van der Waals surface area contributed by atoms with Crippen LogP contribution in [-0.4, -0.2) is 77.6 Å². The summed E-state index contributed by atoms with van der Waals surface area (Å²) in [7, 11) is 1.61. The van der Waals surface area contributed by atoms with Crippen LogP contribution >= 0.6 is 0 Å². The SMILES string of the molecule is CCOCCOCCO.COCCOCCOC(C)=O. The second-order valence-electron chi connectivity index (χ2n) is 3.48.